The third-order valence-corrected chi connectivity index (χ3v) is 4.16. The maximum Gasteiger partial charge on any atom is 0.253 e. The van der Waals surface area contributed by atoms with Crippen LogP contribution in [-0.2, 0) is 0 Å². The van der Waals surface area contributed by atoms with Crippen LogP contribution in [0.25, 0.3) is 11.3 Å². The Hall–Kier alpha value is -2.50. The van der Waals surface area contributed by atoms with E-state index in [1.54, 1.807) is 43.6 Å². The quantitative estimate of drug-likeness (QED) is 0.862. The van der Waals surface area contributed by atoms with Crippen LogP contribution in [0.1, 0.15) is 23.2 Å². The Labute approximate surface area is 139 Å². The third-order valence-electron chi connectivity index (χ3n) is 4.16. The van der Waals surface area contributed by atoms with Crippen LogP contribution in [0.5, 0.6) is 5.75 Å². The minimum Gasteiger partial charge on any atom is -0.494 e. The van der Waals surface area contributed by atoms with E-state index in [1.165, 1.54) is 4.90 Å². The number of carbonyl (C=O) groups excluding carboxylic acids is 1. The summed E-state index contributed by atoms with van der Waals surface area (Å²) in [5, 5.41) is 0. The highest BCUT2D eigenvalue weighted by Crippen LogP contribution is 2.30. The van der Waals surface area contributed by atoms with Gasteiger partial charge in [-0.2, -0.15) is 0 Å². The molecular formula is C18H18F2N2O2. The maximum absolute atomic E-state index is 13.3. The van der Waals surface area contributed by atoms with E-state index in [2.05, 4.69) is 4.98 Å². The lowest BCUT2D eigenvalue weighted by Gasteiger charge is -2.31. The highest BCUT2D eigenvalue weighted by molar-refractivity contribution is 5.95. The van der Waals surface area contributed by atoms with Gasteiger partial charge in [-0.25, -0.2) is 8.78 Å². The number of ether oxygens (including phenoxy) is 1. The van der Waals surface area contributed by atoms with Gasteiger partial charge >= 0.3 is 0 Å². The number of hydrogen-bond donors (Lipinski definition) is 0. The predicted molar refractivity (Wildman–Crippen MR) is 86.3 cm³/mol. The first-order valence-corrected chi connectivity index (χ1v) is 7.77. The van der Waals surface area contributed by atoms with E-state index in [0.29, 0.717) is 17.0 Å². The normalized spacial score (nSPS) is 16.7. The fourth-order valence-electron chi connectivity index (χ4n) is 2.79. The summed E-state index contributed by atoms with van der Waals surface area (Å²) in [7, 11) is 1.56. The monoisotopic (exact) mass is 332 g/mol. The SMILES string of the molecule is COc1cccnc1-c1cccc(C(=O)N2CCC(F)(F)CC2)c1. The van der Waals surface area contributed by atoms with Crippen LogP contribution in [0.2, 0.25) is 0 Å². The molecule has 1 fully saturated rings. The number of aromatic nitrogens is 1. The molecule has 1 amide bonds. The van der Waals surface area contributed by atoms with E-state index < -0.39 is 5.92 Å². The molecule has 2 heterocycles. The maximum atomic E-state index is 13.3. The van der Waals surface area contributed by atoms with Gasteiger partial charge in [0.2, 0.25) is 0 Å². The molecule has 24 heavy (non-hydrogen) atoms. The number of hydrogen-bond acceptors (Lipinski definition) is 3. The molecule has 2 aromatic rings. The summed E-state index contributed by atoms with van der Waals surface area (Å²) in [6.45, 7) is 0.145. The summed E-state index contributed by atoms with van der Waals surface area (Å²) in [4.78, 5) is 18.4. The zero-order valence-electron chi connectivity index (χ0n) is 13.3. The average molecular weight is 332 g/mol. The fraction of sp³-hybridized carbons (Fsp3) is 0.333. The summed E-state index contributed by atoms with van der Waals surface area (Å²) in [5.41, 5.74) is 1.85. The minimum atomic E-state index is -2.67. The van der Waals surface area contributed by atoms with Crippen molar-refractivity contribution in [1.29, 1.82) is 0 Å². The number of amides is 1. The summed E-state index contributed by atoms with van der Waals surface area (Å²) in [5.74, 6) is -2.29. The molecule has 0 N–H and O–H groups in total. The molecule has 0 radical (unpaired) electrons. The van der Waals surface area contributed by atoms with E-state index in [0.717, 1.165) is 5.56 Å². The first-order valence-electron chi connectivity index (χ1n) is 7.77. The first-order chi connectivity index (χ1) is 11.5. The second kappa shape index (κ2) is 6.55. The van der Waals surface area contributed by atoms with Crippen LogP contribution in [0.4, 0.5) is 8.78 Å². The summed E-state index contributed by atoms with van der Waals surface area (Å²) in [6, 6.07) is 10.6. The number of piperidine rings is 1. The Morgan fingerprint density at radius 2 is 1.96 bits per heavy atom. The molecule has 1 aromatic heterocycles. The molecule has 0 atom stereocenters. The van der Waals surface area contributed by atoms with Crippen molar-refractivity contribution in [2.75, 3.05) is 20.2 Å². The average Bonchev–Trinajstić information content (AvgIpc) is 2.61. The molecule has 6 heteroatoms. The second-order valence-electron chi connectivity index (χ2n) is 5.78. The Morgan fingerprint density at radius 3 is 2.67 bits per heavy atom. The van der Waals surface area contributed by atoms with Crippen molar-refractivity contribution in [3.8, 4) is 17.0 Å². The van der Waals surface area contributed by atoms with Gasteiger partial charge in [0.05, 0.1) is 7.11 Å². The topological polar surface area (TPSA) is 42.4 Å². The zero-order valence-corrected chi connectivity index (χ0v) is 13.3. The standard InChI is InChI=1S/C18H18F2N2O2/c1-24-15-6-3-9-21-16(15)13-4-2-5-14(12-13)17(23)22-10-7-18(19,20)8-11-22/h2-6,9,12H,7-8,10-11H2,1H3. The number of halogens is 2. The van der Waals surface area contributed by atoms with Crippen molar-refractivity contribution < 1.29 is 18.3 Å². The van der Waals surface area contributed by atoms with Gasteiger partial charge in [-0.05, 0) is 24.3 Å². The van der Waals surface area contributed by atoms with E-state index in [9.17, 15) is 13.6 Å². The Kier molecular flexibility index (Phi) is 4.46. The lowest BCUT2D eigenvalue weighted by Crippen LogP contribution is -2.42. The molecule has 1 saturated heterocycles. The Bertz CT molecular complexity index is 739. The van der Waals surface area contributed by atoms with E-state index in [-0.39, 0.29) is 31.8 Å². The minimum absolute atomic E-state index is 0.0724. The van der Waals surface area contributed by atoms with Gasteiger partial charge in [0.15, 0.2) is 0 Å². The summed E-state index contributed by atoms with van der Waals surface area (Å²) >= 11 is 0. The Morgan fingerprint density at radius 1 is 1.21 bits per heavy atom. The van der Waals surface area contributed by atoms with Crippen LogP contribution in [0.15, 0.2) is 42.6 Å². The van der Waals surface area contributed by atoms with Crippen molar-refractivity contribution in [3.05, 3.63) is 48.2 Å². The molecule has 0 unspecified atom stereocenters. The van der Waals surface area contributed by atoms with Gasteiger partial charge in [0.25, 0.3) is 11.8 Å². The third kappa shape index (κ3) is 3.37. The lowest BCUT2D eigenvalue weighted by molar-refractivity contribution is -0.0494. The summed E-state index contributed by atoms with van der Waals surface area (Å²) in [6.07, 6.45) is 1.08. The molecule has 0 bridgehead atoms. The summed E-state index contributed by atoms with van der Waals surface area (Å²) < 4.78 is 31.8. The number of alkyl halides is 2. The van der Waals surface area contributed by atoms with E-state index >= 15 is 0 Å². The van der Waals surface area contributed by atoms with Crippen molar-refractivity contribution in [1.82, 2.24) is 9.88 Å². The van der Waals surface area contributed by atoms with Crippen LogP contribution in [-0.4, -0.2) is 41.9 Å². The van der Waals surface area contributed by atoms with Gasteiger partial charge < -0.3 is 9.64 Å². The molecule has 0 saturated carbocycles. The lowest BCUT2D eigenvalue weighted by atomic mass is 10.0. The molecule has 0 spiro atoms. The molecular weight excluding hydrogens is 314 g/mol. The van der Waals surface area contributed by atoms with Crippen LogP contribution in [0, 0.1) is 0 Å². The van der Waals surface area contributed by atoms with Gasteiger partial charge in [-0.15, -0.1) is 0 Å². The molecule has 4 nitrogen and oxygen atoms in total. The molecule has 3 rings (SSSR count). The van der Waals surface area contributed by atoms with Gasteiger partial charge in [-0.3, -0.25) is 9.78 Å². The molecule has 1 aliphatic rings. The van der Waals surface area contributed by atoms with Gasteiger partial charge in [0, 0.05) is 43.3 Å². The van der Waals surface area contributed by atoms with Gasteiger partial charge in [0.1, 0.15) is 11.4 Å². The number of carbonyl (C=O) groups is 1. The van der Waals surface area contributed by atoms with Crippen molar-refractivity contribution >= 4 is 5.91 Å². The largest absolute Gasteiger partial charge is 0.494 e. The van der Waals surface area contributed by atoms with Crippen LogP contribution < -0.4 is 4.74 Å². The number of pyridine rings is 1. The fourth-order valence-corrected chi connectivity index (χ4v) is 2.79. The van der Waals surface area contributed by atoms with Crippen molar-refractivity contribution in [2.45, 2.75) is 18.8 Å². The van der Waals surface area contributed by atoms with Gasteiger partial charge in [-0.1, -0.05) is 12.1 Å². The van der Waals surface area contributed by atoms with E-state index in [1.807, 2.05) is 6.07 Å². The smallest absolute Gasteiger partial charge is 0.253 e. The highest BCUT2D eigenvalue weighted by Gasteiger charge is 2.35. The molecule has 0 aliphatic carbocycles. The number of nitrogens with zero attached hydrogens (tertiary/aromatic N) is 2. The predicted octanol–water partition coefficient (Wildman–Crippen LogP) is 3.63. The molecule has 1 aromatic carbocycles. The van der Waals surface area contributed by atoms with Crippen molar-refractivity contribution in [3.63, 3.8) is 0 Å². The number of benzene rings is 1. The van der Waals surface area contributed by atoms with Crippen LogP contribution in [0.3, 0.4) is 0 Å². The zero-order chi connectivity index (χ0) is 17.2. The van der Waals surface area contributed by atoms with Crippen LogP contribution >= 0.6 is 0 Å². The first kappa shape index (κ1) is 16.4. The van der Waals surface area contributed by atoms with Crippen molar-refractivity contribution in [2.24, 2.45) is 0 Å². The highest BCUT2D eigenvalue weighted by atomic mass is 19.3. The Balaban J connectivity index is 1.84. The molecule has 1 aliphatic heterocycles. The number of rotatable bonds is 3. The number of likely N-dealkylation sites (tertiary alicyclic amines) is 1. The number of methoxy groups -OCH3 is 1. The molecule has 126 valence electrons. The van der Waals surface area contributed by atoms with E-state index in [4.69, 9.17) is 4.74 Å². The second-order valence-corrected chi connectivity index (χ2v) is 5.78.